The lowest BCUT2D eigenvalue weighted by Crippen LogP contribution is -2.48. The van der Waals surface area contributed by atoms with Crippen LogP contribution in [0.5, 0.6) is 0 Å². The summed E-state index contributed by atoms with van der Waals surface area (Å²) in [5.74, 6) is -0.769. The van der Waals surface area contributed by atoms with Crippen molar-refractivity contribution < 1.29 is 13.6 Å². The molecule has 152 valence electrons. The van der Waals surface area contributed by atoms with Gasteiger partial charge in [0.15, 0.2) is 17.2 Å². The lowest BCUT2D eigenvalue weighted by Gasteiger charge is -2.40. The number of rotatable bonds is 1. The highest BCUT2D eigenvalue weighted by molar-refractivity contribution is 5.85. The van der Waals surface area contributed by atoms with Crippen LogP contribution in [-0.2, 0) is 11.3 Å². The first-order valence-electron chi connectivity index (χ1n) is 10.3. The fraction of sp³-hybridized carbons (Fsp3) is 0.435. The van der Waals surface area contributed by atoms with Crippen LogP contribution >= 0.6 is 0 Å². The second-order valence-corrected chi connectivity index (χ2v) is 8.49. The largest absolute Gasteiger partial charge is 0.386 e. The molecule has 1 fully saturated rings. The number of oxime groups is 1. The highest BCUT2D eigenvalue weighted by Gasteiger charge is 2.45. The number of nitrogens with zero attached hydrogens (tertiary/aromatic N) is 3. The summed E-state index contributed by atoms with van der Waals surface area (Å²) in [5, 5.41) is 4.47. The Morgan fingerprint density at radius 1 is 1.07 bits per heavy atom. The molecule has 0 radical (unpaired) electrons. The molecule has 0 N–H and O–H groups in total. The van der Waals surface area contributed by atoms with Crippen molar-refractivity contribution in [3.05, 3.63) is 70.8 Å². The number of halogens is 2. The Labute approximate surface area is 169 Å². The van der Waals surface area contributed by atoms with Crippen molar-refractivity contribution in [2.75, 3.05) is 26.7 Å². The van der Waals surface area contributed by atoms with Gasteiger partial charge in [0.2, 0.25) is 0 Å². The number of likely N-dealkylation sites (tertiary alicyclic amines) is 1. The molecule has 2 aromatic carbocycles. The number of amidine groups is 1. The van der Waals surface area contributed by atoms with E-state index in [0.717, 1.165) is 43.8 Å². The molecule has 6 heteroatoms. The molecule has 1 saturated heterocycles. The van der Waals surface area contributed by atoms with Crippen LogP contribution in [0, 0.1) is 11.6 Å². The quantitative estimate of drug-likeness (QED) is 0.725. The zero-order valence-corrected chi connectivity index (χ0v) is 16.6. The van der Waals surface area contributed by atoms with E-state index in [2.05, 4.69) is 28.1 Å². The van der Waals surface area contributed by atoms with Crippen LogP contribution in [-0.4, -0.2) is 47.9 Å². The molecular weight excluding hydrogens is 372 g/mol. The Morgan fingerprint density at radius 2 is 1.90 bits per heavy atom. The third-order valence-electron chi connectivity index (χ3n) is 6.45. The van der Waals surface area contributed by atoms with Gasteiger partial charge in [-0.05, 0) is 50.0 Å². The molecule has 3 aliphatic heterocycles. The maximum Gasteiger partial charge on any atom is 0.164 e. The third kappa shape index (κ3) is 3.19. The first kappa shape index (κ1) is 18.6. The van der Waals surface area contributed by atoms with Gasteiger partial charge in [-0.15, -0.1) is 0 Å². The van der Waals surface area contributed by atoms with Crippen LogP contribution < -0.4 is 0 Å². The van der Waals surface area contributed by atoms with E-state index in [4.69, 9.17) is 4.84 Å². The SMILES string of the molecule is CN1CCC[C@@]2(CC(N3CCc4ccccc4[C@H]3c3cccc(F)c3F)=NO2)C1. The molecule has 0 saturated carbocycles. The van der Waals surface area contributed by atoms with Gasteiger partial charge in [0.25, 0.3) is 0 Å². The topological polar surface area (TPSA) is 28.1 Å². The first-order chi connectivity index (χ1) is 14.1. The van der Waals surface area contributed by atoms with Gasteiger partial charge >= 0.3 is 0 Å². The minimum atomic E-state index is -0.819. The van der Waals surface area contributed by atoms with Crippen LogP contribution in [0.25, 0.3) is 0 Å². The molecule has 0 unspecified atom stereocenters. The second-order valence-electron chi connectivity index (χ2n) is 8.49. The second kappa shape index (κ2) is 7.10. The maximum absolute atomic E-state index is 14.9. The van der Waals surface area contributed by atoms with Crippen LogP contribution in [0.1, 0.15) is 42.0 Å². The average Bonchev–Trinajstić information content (AvgIpc) is 3.12. The van der Waals surface area contributed by atoms with Crippen molar-refractivity contribution in [3.8, 4) is 0 Å². The number of likely N-dealkylation sites (N-methyl/N-ethyl adjacent to an activating group) is 1. The van der Waals surface area contributed by atoms with Crippen LogP contribution in [0.3, 0.4) is 0 Å². The third-order valence-corrected chi connectivity index (χ3v) is 6.45. The fourth-order valence-electron chi connectivity index (χ4n) is 5.11. The number of piperidine rings is 1. The number of hydrogen-bond acceptors (Lipinski definition) is 4. The van der Waals surface area contributed by atoms with Gasteiger partial charge in [0.05, 0.1) is 12.5 Å². The van der Waals surface area contributed by atoms with Crippen LogP contribution in [0.4, 0.5) is 8.78 Å². The highest BCUT2D eigenvalue weighted by atomic mass is 19.2. The highest BCUT2D eigenvalue weighted by Crippen LogP contribution is 2.41. The molecular formula is C23H25F2N3O. The maximum atomic E-state index is 14.9. The fourth-order valence-corrected chi connectivity index (χ4v) is 5.11. The molecule has 0 bridgehead atoms. The summed E-state index contributed by atoms with van der Waals surface area (Å²) >= 11 is 0. The molecule has 29 heavy (non-hydrogen) atoms. The van der Waals surface area contributed by atoms with Crippen molar-refractivity contribution >= 4 is 5.84 Å². The summed E-state index contributed by atoms with van der Waals surface area (Å²) in [7, 11) is 2.10. The van der Waals surface area contributed by atoms with Gasteiger partial charge in [0, 0.05) is 18.7 Å². The molecule has 2 atom stereocenters. The van der Waals surface area contributed by atoms with Crippen molar-refractivity contribution in [1.82, 2.24) is 9.80 Å². The van der Waals surface area contributed by atoms with Crippen molar-refractivity contribution in [3.63, 3.8) is 0 Å². The van der Waals surface area contributed by atoms with Gasteiger partial charge < -0.3 is 14.6 Å². The Kier molecular flexibility index (Phi) is 4.54. The molecule has 5 rings (SSSR count). The minimum Gasteiger partial charge on any atom is -0.386 e. The van der Waals surface area contributed by atoms with Gasteiger partial charge in [-0.2, -0.15) is 0 Å². The summed E-state index contributed by atoms with van der Waals surface area (Å²) in [6, 6.07) is 12.0. The number of fused-ring (bicyclic) bond motifs is 1. The predicted octanol–water partition coefficient (Wildman–Crippen LogP) is 4.11. The monoisotopic (exact) mass is 397 g/mol. The Hall–Kier alpha value is -2.47. The van der Waals surface area contributed by atoms with E-state index in [1.54, 1.807) is 12.1 Å². The van der Waals surface area contributed by atoms with Gasteiger partial charge in [-0.25, -0.2) is 8.78 Å². The van der Waals surface area contributed by atoms with Crippen LogP contribution in [0.2, 0.25) is 0 Å². The predicted molar refractivity (Wildman–Crippen MR) is 108 cm³/mol. The first-order valence-corrected chi connectivity index (χ1v) is 10.3. The van der Waals surface area contributed by atoms with E-state index >= 15 is 0 Å². The lowest BCUT2D eigenvalue weighted by atomic mass is 9.85. The number of benzene rings is 2. The summed E-state index contributed by atoms with van der Waals surface area (Å²) in [6.45, 7) is 2.60. The molecule has 2 aromatic rings. The molecule has 1 spiro atoms. The average molecular weight is 397 g/mol. The summed E-state index contributed by atoms with van der Waals surface area (Å²) < 4.78 is 28.9. The van der Waals surface area contributed by atoms with E-state index in [9.17, 15) is 8.78 Å². The Bertz CT molecular complexity index is 963. The van der Waals surface area contributed by atoms with E-state index in [-0.39, 0.29) is 5.60 Å². The minimum absolute atomic E-state index is 0.301. The van der Waals surface area contributed by atoms with Gasteiger partial charge in [-0.1, -0.05) is 41.6 Å². The van der Waals surface area contributed by atoms with Crippen molar-refractivity contribution in [2.45, 2.75) is 37.3 Å². The molecule has 3 heterocycles. The van der Waals surface area contributed by atoms with Crippen molar-refractivity contribution in [1.29, 1.82) is 0 Å². The summed E-state index contributed by atoms with van der Waals surface area (Å²) in [6.07, 6.45) is 3.58. The van der Waals surface area contributed by atoms with Gasteiger partial charge in [0.1, 0.15) is 5.84 Å². The molecule has 3 aliphatic rings. The zero-order chi connectivity index (χ0) is 20.0. The lowest BCUT2D eigenvalue weighted by molar-refractivity contribution is -0.0631. The molecule has 4 nitrogen and oxygen atoms in total. The normalized spacial score (nSPS) is 26.9. The van der Waals surface area contributed by atoms with Gasteiger partial charge in [-0.3, -0.25) is 0 Å². The zero-order valence-electron chi connectivity index (χ0n) is 16.6. The van der Waals surface area contributed by atoms with E-state index < -0.39 is 17.7 Å². The van der Waals surface area contributed by atoms with E-state index in [1.165, 1.54) is 11.6 Å². The smallest absolute Gasteiger partial charge is 0.164 e. The standard InChI is InChI=1S/C23H25F2N3O/c1-27-12-5-11-23(15-27)14-20(26-29-23)28-13-10-16-6-2-3-7-17(16)22(28)18-8-4-9-19(24)21(18)25/h2-4,6-9,22H,5,10-15H2,1H3/t22-,23+/m0/s1. The summed E-state index contributed by atoms with van der Waals surface area (Å²) in [5.41, 5.74) is 2.22. The molecule has 0 amide bonds. The van der Waals surface area contributed by atoms with Crippen LogP contribution in [0.15, 0.2) is 47.6 Å². The number of hydrogen-bond donors (Lipinski definition) is 0. The molecule has 0 aromatic heterocycles. The van der Waals surface area contributed by atoms with Crippen molar-refractivity contribution in [2.24, 2.45) is 5.16 Å². The van der Waals surface area contributed by atoms with E-state index in [1.807, 2.05) is 18.2 Å². The van der Waals surface area contributed by atoms with E-state index in [0.29, 0.717) is 18.5 Å². The Morgan fingerprint density at radius 3 is 2.76 bits per heavy atom. The Balaban J connectivity index is 1.53. The summed E-state index contributed by atoms with van der Waals surface area (Å²) in [4.78, 5) is 10.4. The molecule has 0 aliphatic carbocycles.